The Bertz CT molecular complexity index is 577. The van der Waals surface area contributed by atoms with Crippen LogP contribution in [-0.4, -0.2) is 22.1 Å². The van der Waals surface area contributed by atoms with Gasteiger partial charge in [-0.2, -0.15) is 0 Å². The molecule has 0 amide bonds. The number of fused-ring (bicyclic) bond motifs is 1. The number of carboxylic acid groups (broad SMARTS) is 1. The number of hydrogen-bond acceptors (Lipinski definition) is 2. The summed E-state index contributed by atoms with van der Waals surface area (Å²) in [5, 5.41) is 9.62. The fourth-order valence-electron chi connectivity index (χ4n) is 2.01. The van der Waals surface area contributed by atoms with Gasteiger partial charge in [-0.25, -0.2) is 4.39 Å². The number of carboxylic acids is 1. The standard InChI is InChI=1S/C12H13FN2O2/c1-6-2-8(13)4-10-11(6)7(5-15-10)3-9(14)12(16)17/h2,4-5,9,15H,3,14H2,1H3,(H,16,17). The zero-order valence-electron chi connectivity index (χ0n) is 9.33. The minimum absolute atomic E-state index is 0.224. The second-order valence-electron chi connectivity index (χ2n) is 4.11. The van der Waals surface area contributed by atoms with Gasteiger partial charge in [0.05, 0.1) is 0 Å². The number of nitrogens with one attached hydrogen (secondary N) is 1. The van der Waals surface area contributed by atoms with Gasteiger partial charge in [0.2, 0.25) is 0 Å². The van der Waals surface area contributed by atoms with Gasteiger partial charge < -0.3 is 15.8 Å². The van der Waals surface area contributed by atoms with E-state index in [4.69, 9.17) is 10.8 Å². The number of aromatic amines is 1. The largest absolute Gasteiger partial charge is 0.480 e. The van der Waals surface area contributed by atoms with Gasteiger partial charge in [-0.15, -0.1) is 0 Å². The molecule has 0 bridgehead atoms. The van der Waals surface area contributed by atoms with Crippen LogP contribution in [0.25, 0.3) is 10.9 Å². The van der Waals surface area contributed by atoms with Crippen LogP contribution in [0.2, 0.25) is 0 Å². The highest BCUT2D eigenvalue weighted by Gasteiger charge is 2.16. The molecule has 1 aromatic heterocycles. The van der Waals surface area contributed by atoms with Crippen molar-refractivity contribution in [2.24, 2.45) is 5.73 Å². The maximum atomic E-state index is 13.2. The average Bonchev–Trinajstić information content (AvgIpc) is 2.60. The SMILES string of the molecule is Cc1cc(F)cc2[nH]cc(CC(N)C(=O)O)c12. The number of aromatic nitrogens is 1. The molecule has 1 unspecified atom stereocenters. The number of carbonyl (C=O) groups is 1. The molecule has 0 saturated carbocycles. The smallest absolute Gasteiger partial charge is 0.320 e. The first kappa shape index (κ1) is 11.6. The van der Waals surface area contributed by atoms with Crippen LogP contribution in [0.1, 0.15) is 11.1 Å². The summed E-state index contributed by atoms with van der Waals surface area (Å²) in [6, 6.07) is 1.86. The topological polar surface area (TPSA) is 79.1 Å². The Morgan fingerprint density at radius 3 is 2.94 bits per heavy atom. The molecule has 1 heterocycles. The first-order valence-electron chi connectivity index (χ1n) is 5.23. The predicted octanol–water partition coefficient (Wildman–Crippen LogP) is 1.57. The van der Waals surface area contributed by atoms with Gasteiger partial charge >= 0.3 is 5.97 Å². The number of aliphatic carboxylic acids is 1. The molecule has 0 saturated heterocycles. The zero-order chi connectivity index (χ0) is 12.6. The van der Waals surface area contributed by atoms with Crippen molar-refractivity contribution in [1.29, 1.82) is 0 Å². The van der Waals surface area contributed by atoms with E-state index in [1.807, 2.05) is 0 Å². The van der Waals surface area contributed by atoms with Crippen LogP contribution in [-0.2, 0) is 11.2 Å². The first-order valence-corrected chi connectivity index (χ1v) is 5.23. The lowest BCUT2D eigenvalue weighted by Crippen LogP contribution is -2.32. The van der Waals surface area contributed by atoms with Crippen LogP contribution in [0.3, 0.4) is 0 Å². The Hall–Kier alpha value is -1.88. The van der Waals surface area contributed by atoms with E-state index in [1.54, 1.807) is 13.1 Å². The molecule has 0 aliphatic rings. The molecule has 0 aliphatic heterocycles. The van der Waals surface area contributed by atoms with Crippen molar-refractivity contribution >= 4 is 16.9 Å². The Kier molecular flexibility index (Phi) is 2.85. The predicted molar refractivity (Wildman–Crippen MR) is 62.3 cm³/mol. The molecule has 2 aromatic rings. The van der Waals surface area contributed by atoms with Gasteiger partial charge in [0.1, 0.15) is 11.9 Å². The summed E-state index contributed by atoms with van der Waals surface area (Å²) >= 11 is 0. The second kappa shape index (κ2) is 4.18. The Balaban J connectivity index is 2.46. The number of benzene rings is 1. The van der Waals surface area contributed by atoms with Crippen LogP contribution in [0.15, 0.2) is 18.3 Å². The van der Waals surface area contributed by atoms with Gasteiger partial charge in [-0.1, -0.05) is 0 Å². The Morgan fingerprint density at radius 1 is 1.59 bits per heavy atom. The molecule has 0 fully saturated rings. The molecule has 0 aliphatic carbocycles. The molecule has 1 aromatic carbocycles. The number of rotatable bonds is 3. The second-order valence-corrected chi connectivity index (χ2v) is 4.11. The first-order chi connectivity index (χ1) is 7.99. The van der Waals surface area contributed by atoms with E-state index in [9.17, 15) is 9.18 Å². The molecular weight excluding hydrogens is 223 g/mol. The fraction of sp³-hybridized carbons (Fsp3) is 0.250. The van der Waals surface area contributed by atoms with Gasteiger partial charge in [0, 0.05) is 23.5 Å². The zero-order valence-corrected chi connectivity index (χ0v) is 9.33. The molecule has 2 rings (SSSR count). The fourth-order valence-corrected chi connectivity index (χ4v) is 2.01. The normalized spacial score (nSPS) is 12.9. The van der Waals surface area contributed by atoms with E-state index < -0.39 is 12.0 Å². The van der Waals surface area contributed by atoms with Crippen LogP contribution in [0, 0.1) is 12.7 Å². The average molecular weight is 236 g/mol. The molecule has 0 spiro atoms. The summed E-state index contributed by atoms with van der Waals surface area (Å²) in [6.45, 7) is 1.79. The number of nitrogens with two attached hydrogens (primary N) is 1. The van der Waals surface area contributed by atoms with Gasteiger partial charge in [-0.3, -0.25) is 4.79 Å². The lowest BCUT2D eigenvalue weighted by Gasteiger charge is -2.06. The Morgan fingerprint density at radius 2 is 2.29 bits per heavy atom. The molecule has 4 nitrogen and oxygen atoms in total. The lowest BCUT2D eigenvalue weighted by atomic mass is 10.0. The van der Waals surface area contributed by atoms with Crippen molar-refractivity contribution in [3.63, 3.8) is 0 Å². The van der Waals surface area contributed by atoms with Crippen molar-refractivity contribution in [3.05, 3.63) is 35.3 Å². The van der Waals surface area contributed by atoms with Crippen molar-refractivity contribution < 1.29 is 14.3 Å². The van der Waals surface area contributed by atoms with E-state index in [-0.39, 0.29) is 12.2 Å². The quantitative estimate of drug-likeness (QED) is 0.756. The minimum atomic E-state index is -1.04. The van der Waals surface area contributed by atoms with Crippen LogP contribution >= 0.6 is 0 Å². The molecule has 90 valence electrons. The lowest BCUT2D eigenvalue weighted by molar-refractivity contribution is -0.138. The van der Waals surface area contributed by atoms with Crippen molar-refractivity contribution in [2.45, 2.75) is 19.4 Å². The van der Waals surface area contributed by atoms with Gasteiger partial charge in [0.25, 0.3) is 0 Å². The highest BCUT2D eigenvalue weighted by Crippen LogP contribution is 2.24. The summed E-state index contributed by atoms with van der Waals surface area (Å²) in [6.07, 6.45) is 1.90. The summed E-state index contributed by atoms with van der Waals surface area (Å²) in [4.78, 5) is 13.6. The number of halogens is 1. The van der Waals surface area contributed by atoms with Crippen molar-refractivity contribution in [3.8, 4) is 0 Å². The van der Waals surface area contributed by atoms with Gasteiger partial charge in [0.15, 0.2) is 0 Å². The summed E-state index contributed by atoms with van der Waals surface area (Å²) < 4.78 is 13.2. The maximum Gasteiger partial charge on any atom is 0.320 e. The number of aryl methyl sites for hydroxylation is 1. The monoisotopic (exact) mass is 236 g/mol. The Labute approximate surface area is 97.2 Å². The maximum absolute atomic E-state index is 13.2. The highest BCUT2D eigenvalue weighted by atomic mass is 19.1. The van der Waals surface area contributed by atoms with Crippen LogP contribution < -0.4 is 5.73 Å². The molecule has 4 N–H and O–H groups in total. The summed E-state index contributed by atoms with van der Waals surface area (Å²) in [5.74, 6) is -1.36. The van der Waals surface area contributed by atoms with Crippen LogP contribution in [0.4, 0.5) is 4.39 Å². The van der Waals surface area contributed by atoms with E-state index in [2.05, 4.69) is 4.98 Å². The van der Waals surface area contributed by atoms with Crippen molar-refractivity contribution in [1.82, 2.24) is 4.98 Å². The van der Waals surface area contributed by atoms with E-state index in [1.165, 1.54) is 12.1 Å². The highest BCUT2D eigenvalue weighted by molar-refractivity contribution is 5.87. The third-order valence-corrected chi connectivity index (χ3v) is 2.78. The number of H-pyrrole nitrogens is 1. The molecule has 5 heteroatoms. The van der Waals surface area contributed by atoms with E-state index in [0.29, 0.717) is 5.52 Å². The molecule has 17 heavy (non-hydrogen) atoms. The van der Waals surface area contributed by atoms with Crippen molar-refractivity contribution in [2.75, 3.05) is 0 Å². The minimum Gasteiger partial charge on any atom is -0.480 e. The number of hydrogen-bond donors (Lipinski definition) is 3. The van der Waals surface area contributed by atoms with E-state index in [0.717, 1.165) is 16.5 Å². The molecule has 1 atom stereocenters. The third-order valence-electron chi connectivity index (χ3n) is 2.78. The third kappa shape index (κ3) is 2.14. The molecular formula is C12H13FN2O2. The van der Waals surface area contributed by atoms with E-state index >= 15 is 0 Å². The summed E-state index contributed by atoms with van der Waals surface area (Å²) in [5.41, 5.74) is 7.72. The van der Waals surface area contributed by atoms with Gasteiger partial charge in [-0.05, 0) is 30.2 Å². The summed E-state index contributed by atoms with van der Waals surface area (Å²) in [7, 11) is 0. The van der Waals surface area contributed by atoms with Crippen LogP contribution in [0.5, 0.6) is 0 Å². The molecule has 0 radical (unpaired) electrons.